The number of hydrogen-bond donors (Lipinski definition) is 1. The highest BCUT2D eigenvalue weighted by Crippen LogP contribution is 2.35. The number of nitrogens with zero attached hydrogens (tertiary/aromatic N) is 3. The zero-order chi connectivity index (χ0) is 21.0. The van der Waals surface area contributed by atoms with Gasteiger partial charge in [0.2, 0.25) is 11.8 Å². The summed E-state index contributed by atoms with van der Waals surface area (Å²) in [5.74, 6) is 0.215. The van der Waals surface area contributed by atoms with Crippen LogP contribution in [0.3, 0.4) is 0 Å². The van der Waals surface area contributed by atoms with E-state index in [1.54, 1.807) is 21.7 Å². The second kappa shape index (κ2) is 8.86. The molecule has 1 atom stereocenters. The lowest BCUT2D eigenvalue weighted by molar-refractivity contribution is -0.138. The van der Waals surface area contributed by atoms with Crippen LogP contribution in [0, 0.1) is 19.3 Å². The molecular weight excluding hydrogens is 392 g/mol. The lowest BCUT2D eigenvalue weighted by Gasteiger charge is -2.42. The van der Waals surface area contributed by atoms with Gasteiger partial charge in [-0.2, -0.15) is 5.10 Å². The van der Waals surface area contributed by atoms with Crippen molar-refractivity contribution in [2.75, 3.05) is 19.7 Å². The van der Waals surface area contributed by atoms with Gasteiger partial charge in [-0.05, 0) is 51.0 Å². The largest absolute Gasteiger partial charge is 0.493 e. The van der Waals surface area contributed by atoms with E-state index in [0.29, 0.717) is 30.5 Å². The molecule has 2 aromatic rings. The molecule has 0 aliphatic carbocycles. The Balaban J connectivity index is 1.71. The molecule has 0 bridgehead atoms. The highest BCUT2D eigenvalue weighted by Gasteiger charge is 2.39. The van der Waals surface area contributed by atoms with Crippen LogP contribution in [0.2, 0.25) is 5.02 Å². The van der Waals surface area contributed by atoms with Crippen LogP contribution in [-0.2, 0) is 16.1 Å². The number of aryl methyl sites for hydroxylation is 2. The predicted octanol–water partition coefficient (Wildman–Crippen LogP) is 2.72. The topological polar surface area (TPSA) is 90.5 Å². The number of benzene rings is 1. The average molecular weight is 419 g/mol. The fraction of sp³-hybridized carbons (Fsp3) is 0.476. The molecule has 1 fully saturated rings. The summed E-state index contributed by atoms with van der Waals surface area (Å²) in [6.45, 7) is 5.38. The summed E-state index contributed by atoms with van der Waals surface area (Å²) in [5.41, 5.74) is 6.85. The van der Waals surface area contributed by atoms with Gasteiger partial charge in [0.15, 0.2) is 0 Å². The monoisotopic (exact) mass is 418 g/mol. The number of nitrogens with two attached hydrogens (primary N) is 1. The van der Waals surface area contributed by atoms with Crippen molar-refractivity contribution in [1.82, 2.24) is 14.7 Å². The number of carbonyl (C=O) groups excluding carboxylic acids is 2. The van der Waals surface area contributed by atoms with Gasteiger partial charge in [0.1, 0.15) is 12.3 Å². The normalized spacial score (nSPS) is 19.2. The number of aromatic nitrogens is 2. The van der Waals surface area contributed by atoms with Crippen LogP contribution in [0.25, 0.3) is 0 Å². The van der Waals surface area contributed by atoms with E-state index >= 15 is 0 Å². The van der Waals surface area contributed by atoms with Gasteiger partial charge in [0.25, 0.3) is 0 Å². The summed E-state index contributed by atoms with van der Waals surface area (Å²) >= 11 is 6.03. The highest BCUT2D eigenvalue weighted by atomic mass is 35.5. The van der Waals surface area contributed by atoms with Gasteiger partial charge in [-0.15, -0.1) is 0 Å². The molecule has 156 valence electrons. The molecule has 1 unspecified atom stereocenters. The minimum absolute atomic E-state index is 0.0208. The van der Waals surface area contributed by atoms with Crippen LogP contribution < -0.4 is 10.5 Å². The first-order valence-electron chi connectivity index (χ1n) is 9.72. The van der Waals surface area contributed by atoms with Crippen molar-refractivity contribution >= 4 is 23.4 Å². The van der Waals surface area contributed by atoms with E-state index in [1.807, 2.05) is 32.0 Å². The molecule has 3 rings (SSSR count). The molecule has 1 aromatic heterocycles. The van der Waals surface area contributed by atoms with Gasteiger partial charge in [-0.1, -0.05) is 17.7 Å². The maximum Gasteiger partial charge on any atom is 0.244 e. The van der Waals surface area contributed by atoms with E-state index in [9.17, 15) is 9.59 Å². The first kappa shape index (κ1) is 21.2. The van der Waals surface area contributed by atoms with E-state index in [-0.39, 0.29) is 18.9 Å². The van der Waals surface area contributed by atoms with Gasteiger partial charge >= 0.3 is 0 Å². The maximum atomic E-state index is 12.9. The van der Waals surface area contributed by atoms with Gasteiger partial charge < -0.3 is 15.4 Å². The van der Waals surface area contributed by atoms with Crippen molar-refractivity contribution in [3.05, 3.63) is 46.7 Å². The first-order chi connectivity index (χ1) is 13.8. The first-order valence-corrected chi connectivity index (χ1v) is 10.1. The minimum Gasteiger partial charge on any atom is -0.493 e. The average Bonchev–Trinajstić information content (AvgIpc) is 2.97. The summed E-state index contributed by atoms with van der Waals surface area (Å²) in [7, 11) is 0. The van der Waals surface area contributed by atoms with Crippen molar-refractivity contribution in [1.29, 1.82) is 0 Å². The summed E-state index contributed by atoms with van der Waals surface area (Å²) < 4.78 is 7.66. The Morgan fingerprint density at radius 3 is 2.76 bits per heavy atom. The van der Waals surface area contributed by atoms with Crippen molar-refractivity contribution in [3.8, 4) is 5.75 Å². The number of ether oxygens (including phenoxy) is 1. The van der Waals surface area contributed by atoms with Crippen molar-refractivity contribution < 1.29 is 14.3 Å². The number of primary amides is 1. The second-order valence-electron chi connectivity index (χ2n) is 7.89. The second-order valence-corrected chi connectivity index (χ2v) is 8.33. The molecule has 7 nitrogen and oxygen atoms in total. The third-order valence-corrected chi connectivity index (χ3v) is 5.53. The molecule has 0 saturated carbocycles. The number of hydrogen-bond acceptors (Lipinski definition) is 4. The fourth-order valence-electron chi connectivity index (χ4n) is 3.96. The molecule has 2 N–H and O–H groups in total. The molecule has 0 spiro atoms. The number of piperidine rings is 1. The smallest absolute Gasteiger partial charge is 0.244 e. The lowest BCUT2D eigenvalue weighted by atomic mass is 9.77. The number of halogens is 1. The number of amides is 2. The minimum atomic E-state index is -0.517. The van der Waals surface area contributed by atoms with Crippen molar-refractivity contribution in [2.24, 2.45) is 11.1 Å². The summed E-state index contributed by atoms with van der Waals surface area (Å²) in [4.78, 5) is 26.5. The number of rotatable bonds is 7. The molecule has 0 radical (unpaired) electrons. The van der Waals surface area contributed by atoms with E-state index in [4.69, 9.17) is 22.1 Å². The Kier molecular flexibility index (Phi) is 6.47. The molecule has 1 saturated heterocycles. The van der Waals surface area contributed by atoms with E-state index < -0.39 is 11.3 Å². The molecule has 1 aromatic carbocycles. The summed E-state index contributed by atoms with van der Waals surface area (Å²) in [6.07, 6.45) is 1.71. The van der Waals surface area contributed by atoms with E-state index in [1.165, 1.54) is 0 Å². The van der Waals surface area contributed by atoms with Gasteiger partial charge in [0.05, 0.1) is 12.3 Å². The number of likely N-dealkylation sites (tertiary alicyclic amines) is 1. The summed E-state index contributed by atoms with van der Waals surface area (Å²) in [5, 5.41) is 4.95. The molecular formula is C21H27ClN4O3. The van der Waals surface area contributed by atoms with Crippen LogP contribution in [0.15, 0.2) is 30.3 Å². The SMILES string of the molecule is Cc1cc(C)n(CC(=O)N2CCCC(COc3cccc(Cl)c3)(CC(N)=O)C2)n1. The maximum absolute atomic E-state index is 12.9. The standard InChI is InChI=1S/C21H27ClN4O3/c1-15-9-16(2)26(24-15)12-20(28)25-8-4-7-21(13-25,11-19(23)27)14-29-18-6-3-5-17(22)10-18/h3,5-6,9-10H,4,7-8,11-14H2,1-2H3,(H2,23,27). The Morgan fingerprint density at radius 2 is 2.10 bits per heavy atom. The molecule has 8 heteroatoms. The third-order valence-electron chi connectivity index (χ3n) is 5.29. The molecule has 1 aliphatic heterocycles. The van der Waals surface area contributed by atoms with E-state index in [0.717, 1.165) is 24.2 Å². The van der Waals surface area contributed by atoms with Crippen LogP contribution in [0.1, 0.15) is 30.7 Å². The fourth-order valence-corrected chi connectivity index (χ4v) is 4.14. The third kappa shape index (κ3) is 5.50. The van der Waals surface area contributed by atoms with Crippen LogP contribution >= 0.6 is 11.6 Å². The molecule has 2 heterocycles. The van der Waals surface area contributed by atoms with Crippen molar-refractivity contribution in [3.63, 3.8) is 0 Å². The zero-order valence-corrected chi connectivity index (χ0v) is 17.6. The molecule has 1 aliphatic rings. The Labute approximate surface area is 175 Å². The molecule has 2 amide bonds. The van der Waals surface area contributed by atoms with Crippen LogP contribution in [0.5, 0.6) is 5.75 Å². The Morgan fingerprint density at radius 1 is 1.31 bits per heavy atom. The van der Waals surface area contributed by atoms with Crippen LogP contribution in [-0.4, -0.2) is 46.2 Å². The zero-order valence-electron chi connectivity index (χ0n) is 16.9. The predicted molar refractivity (Wildman–Crippen MR) is 111 cm³/mol. The van der Waals surface area contributed by atoms with Gasteiger partial charge in [-0.25, -0.2) is 0 Å². The Hall–Kier alpha value is -2.54. The highest BCUT2D eigenvalue weighted by molar-refractivity contribution is 6.30. The van der Waals surface area contributed by atoms with Gasteiger partial charge in [0, 0.05) is 35.6 Å². The number of carbonyl (C=O) groups is 2. The van der Waals surface area contributed by atoms with Gasteiger partial charge in [-0.3, -0.25) is 14.3 Å². The quantitative estimate of drug-likeness (QED) is 0.748. The lowest BCUT2D eigenvalue weighted by Crippen LogP contribution is -2.51. The van der Waals surface area contributed by atoms with E-state index in [2.05, 4.69) is 5.10 Å². The van der Waals surface area contributed by atoms with Crippen molar-refractivity contribution in [2.45, 2.75) is 39.7 Å². The Bertz CT molecular complexity index is 898. The van der Waals surface area contributed by atoms with Crippen LogP contribution in [0.4, 0.5) is 0 Å². The summed E-state index contributed by atoms with van der Waals surface area (Å²) in [6, 6.07) is 9.07. The molecule has 29 heavy (non-hydrogen) atoms.